The Morgan fingerprint density at radius 3 is 2.48 bits per heavy atom. The van der Waals surface area contributed by atoms with E-state index in [0.717, 1.165) is 36.9 Å². The first kappa shape index (κ1) is 31.7. The molecule has 5 N–H and O–H groups in total. The molecule has 1 fully saturated rings. The number of aromatic hydroxyl groups is 2. The minimum atomic E-state index is -2.15. The summed E-state index contributed by atoms with van der Waals surface area (Å²) in [5.41, 5.74) is 1.84. The monoisotopic (exact) mass is 594 g/mol. The molecule has 1 aliphatic heterocycles. The molecule has 2 aromatic carbocycles. The summed E-state index contributed by atoms with van der Waals surface area (Å²) in [7, 11) is -2.15. The van der Waals surface area contributed by atoms with Crippen LogP contribution in [0.4, 0.5) is 0 Å². The van der Waals surface area contributed by atoms with Crippen molar-refractivity contribution in [3.8, 4) is 11.5 Å². The Balaban J connectivity index is 1.34. The number of carbonyl (C=O) groups excluding carboxylic acids is 1. The van der Waals surface area contributed by atoms with Gasteiger partial charge in [0.1, 0.15) is 11.5 Å². The summed E-state index contributed by atoms with van der Waals surface area (Å²) in [6.07, 6.45) is 2.11. The minimum Gasteiger partial charge on any atom is -0.508 e. The van der Waals surface area contributed by atoms with Gasteiger partial charge in [-0.25, -0.2) is 0 Å². The lowest BCUT2D eigenvalue weighted by atomic mass is 10.0. The number of hydrogen-bond donors (Lipinski definition) is 5. The van der Waals surface area contributed by atoms with Crippen molar-refractivity contribution in [1.82, 2.24) is 20.5 Å². The maximum Gasteiger partial charge on any atom is 0.248 e. The van der Waals surface area contributed by atoms with Crippen molar-refractivity contribution in [3.05, 3.63) is 70.0 Å². The molecule has 42 heavy (non-hydrogen) atoms. The highest BCUT2D eigenvalue weighted by molar-refractivity contribution is 6.74. The van der Waals surface area contributed by atoms with E-state index >= 15 is 0 Å². The fourth-order valence-electron chi connectivity index (χ4n) is 5.12. The number of amides is 1. The first-order chi connectivity index (χ1) is 19.8. The van der Waals surface area contributed by atoms with Gasteiger partial charge in [-0.1, -0.05) is 45.0 Å². The van der Waals surface area contributed by atoms with E-state index in [1.165, 1.54) is 6.07 Å². The van der Waals surface area contributed by atoms with E-state index in [-0.39, 0.29) is 34.1 Å². The molecular formula is C32H46N4O5Si. The van der Waals surface area contributed by atoms with E-state index in [1.807, 2.05) is 12.1 Å². The average molecular weight is 595 g/mol. The minimum absolute atomic E-state index is 0.0192. The topological polar surface area (TPSA) is 127 Å². The fraction of sp³-hybridized carbons (Fsp3) is 0.500. The van der Waals surface area contributed by atoms with E-state index < -0.39 is 8.32 Å². The zero-order valence-electron chi connectivity index (χ0n) is 25.5. The molecule has 1 amide bonds. The predicted molar refractivity (Wildman–Crippen MR) is 169 cm³/mol. The largest absolute Gasteiger partial charge is 0.508 e. The second-order valence-corrected chi connectivity index (χ2v) is 17.6. The number of H-pyrrole nitrogens is 1. The first-order valence-corrected chi connectivity index (χ1v) is 17.8. The quantitative estimate of drug-likeness (QED) is 0.203. The van der Waals surface area contributed by atoms with Crippen LogP contribution < -0.4 is 16.2 Å². The van der Waals surface area contributed by atoms with Crippen LogP contribution >= 0.6 is 0 Å². The van der Waals surface area contributed by atoms with Crippen LogP contribution in [-0.2, 0) is 15.8 Å². The number of carbonyl (C=O) groups is 1. The van der Waals surface area contributed by atoms with E-state index in [1.54, 1.807) is 30.3 Å². The van der Waals surface area contributed by atoms with Crippen molar-refractivity contribution in [2.75, 3.05) is 26.2 Å². The third-order valence-electron chi connectivity index (χ3n) is 8.80. The number of fused-ring (bicyclic) bond motifs is 1. The zero-order chi connectivity index (χ0) is 30.5. The first-order valence-electron chi connectivity index (χ1n) is 14.9. The Morgan fingerprint density at radius 2 is 1.79 bits per heavy atom. The van der Waals surface area contributed by atoms with Crippen LogP contribution in [0.1, 0.15) is 57.3 Å². The molecule has 3 aromatic rings. The van der Waals surface area contributed by atoms with Crippen LogP contribution in [-0.4, -0.2) is 66.5 Å². The average Bonchev–Trinajstić information content (AvgIpc) is 2.94. The summed E-state index contributed by atoms with van der Waals surface area (Å²) in [6, 6.07) is 14.2. The second-order valence-electron chi connectivity index (χ2n) is 12.8. The molecule has 0 bridgehead atoms. The molecule has 1 atom stereocenters. The van der Waals surface area contributed by atoms with E-state index in [4.69, 9.17) is 4.43 Å². The van der Waals surface area contributed by atoms with Crippen LogP contribution in [0.15, 0.2) is 53.3 Å². The third-order valence-corrected chi connectivity index (χ3v) is 13.3. The van der Waals surface area contributed by atoms with Gasteiger partial charge in [0.25, 0.3) is 0 Å². The smallest absolute Gasteiger partial charge is 0.248 e. The molecule has 1 aliphatic rings. The Morgan fingerprint density at radius 1 is 1.07 bits per heavy atom. The zero-order valence-corrected chi connectivity index (χ0v) is 26.5. The number of nitrogens with one attached hydrogen (secondary N) is 3. The van der Waals surface area contributed by atoms with Crippen molar-refractivity contribution >= 4 is 25.1 Å². The van der Waals surface area contributed by atoms with Gasteiger partial charge in [0.15, 0.2) is 8.32 Å². The summed E-state index contributed by atoms with van der Waals surface area (Å²) < 4.78 is 6.94. The Bertz CT molecular complexity index is 1430. The second kappa shape index (κ2) is 13.4. The van der Waals surface area contributed by atoms with Crippen LogP contribution in [0, 0.1) is 0 Å². The van der Waals surface area contributed by atoms with Gasteiger partial charge in [0.2, 0.25) is 11.5 Å². The lowest BCUT2D eigenvalue weighted by molar-refractivity contribution is -0.121. The van der Waals surface area contributed by atoms with Crippen molar-refractivity contribution in [2.45, 2.75) is 76.9 Å². The third kappa shape index (κ3) is 8.00. The van der Waals surface area contributed by atoms with Gasteiger partial charge in [-0.2, -0.15) is 0 Å². The number of pyridine rings is 1. The maximum atomic E-state index is 12.4. The normalized spacial score (nSPS) is 16.0. The van der Waals surface area contributed by atoms with E-state index in [9.17, 15) is 19.8 Å². The highest BCUT2D eigenvalue weighted by atomic mass is 28.4. The summed E-state index contributed by atoms with van der Waals surface area (Å²) in [5.74, 6) is 0.217. The summed E-state index contributed by atoms with van der Waals surface area (Å²) in [4.78, 5) is 29.5. The molecule has 0 spiro atoms. The number of piperidine rings is 1. The van der Waals surface area contributed by atoms with Gasteiger partial charge in [0, 0.05) is 49.1 Å². The number of aromatic nitrogens is 1. The summed E-state index contributed by atoms with van der Waals surface area (Å²) >= 11 is 0. The molecule has 4 rings (SSSR count). The molecule has 2 heterocycles. The van der Waals surface area contributed by atoms with Crippen molar-refractivity contribution in [1.29, 1.82) is 0 Å². The highest BCUT2D eigenvalue weighted by Crippen LogP contribution is 2.41. The Labute approximate surface area is 249 Å². The van der Waals surface area contributed by atoms with E-state index in [0.29, 0.717) is 43.2 Å². The van der Waals surface area contributed by atoms with Crippen molar-refractivity contribution < 1.29 is 19.4 Å². The summed E-state index contributed by atoms with van der Waals surface area (Å²) in [5, 5.41) is 27.8. The van der Waals surface area contributed by atoms with Crippen molar-refractivity contribution in [3.63, 3.8) is 0 Å². The molecule has 9 nitrogen and oxygen atoms in total. The van der Waals surface area contributed by atoms with Crippen molar-refractivity contribution in [2.24, 2.45) is 0 Å². The standard InChI is InChI=1S/C32H46N4O5Si/c1-32(2,3)42(4,5)41-28(24-10-12-27(38)31-25(24)11-13-30(40)35-31)21-33-23-14-17-36(18-15-23)19-16-29(39)34-20-22-8-6-7-9-26(22)37/h6-13,23,28,33,37-38H,14-21H2,1-5H3,(H,34,39)(H,35,40)/t28-/m1/s1. The van der Waals surface area contributed by atoms with Gasteiger partial charge < -0.3 is 35.2 Å². The van der Waals surface area contributed by atoms with E-state index in [2.05, 4.69) is 54.4 Å². The molecule has 10 heteroatoms. The number of para-hydroxylation sites is 1. The number of nitrogens with zero attached hydrogens (tertiary/aromatic N) is 1. The molecule has 0 aliphatic carbocycles. The number of phenolic OH excluding ortho intramolecular Hbond substituents is 2. The van der Waals surface area contributed by atoms with Gasteiger partial charge in [-0.15, -0.1) is 0 Å². The van der Waals surface area contributed by atoms with Crippen LogP contribution in [0.5, 0.6) is 11.5 Å². The number of benzene rings is 2. The van der Waals surface area contributed by atoms with Gasteiger partial charge in [0.05, 0.1) is 11.6 Å². The highest BCUT2D eigenvalue weighted by Gasteiger charge is 2.40. The van der Waals surface area contributed by atoms with Crippen LogP contribution in [0.3, 0.4) is 0 Å². The van der Waals surface area contributed by atoms with Gasteiger partial charge >= 0.3 is 0 Å². The number of phenols is 2. The van der Waals surface area contributed by atoms with Crippen LogP contribution in [0.2, 0.25) is 18.1 Å². The van der Waals surface area contributed by atoms with Crippen LogP contribution in [0.25, 0.3) is 10.9 Å². The Kier molecular flexibility index (Phi) is 10.1. The molecule has 0 radical (unpaired) electrons. The maximum absolute atomic E-state index is 12.4. The molecular weight excluding hydrogens is 548 g/mol. The lowest BCUT2D eigenvalue weighted by Gasteiger charge is -2.40. The number of aromatic amines is 1. The van der Waals surface area contributed by atoms with Gasteiger partial charge in [-0.3, -0.25) is 9.59 Å². The SMILES string of the molecule is CC(C)(C)[Si](C)(C)O[C@H](CNC1CCN(CCC(=O)NCc2ccccc2O)CC1)c1ccc(O)c2[nH]c(=O)ccc12. The molecule has 0 unspecified atom stereocenters. The molecule has 1 saturated heterocycles. The number of rotatable bonds is 11. The number of hydrogen-bond acceptors (Lipinski definition) is 7. The predicted octanol–water partition coefficient (Wildman–Crippen LogP) is 4.76. The Hall–Kier alpha value is -3.18. The van der Waals surface area contributed by atoms with Gasteiger partial charge in [-0.05, 0) is 67.8 Å². The fourth-order valence-corrected chi connectivity index (χ4v) is 6.40. The summed E-state index contributed by atoms with van der Waals surface area (Å²) in [6.45, 7) is 14.6. The molecule has 0 saturated carbocycles. The molecule has 1 aromatic heterocycles. The lowest BCUT2D eigenvalue weighted by Crippen LogP contribution is -2.47. The number of likely N-dealkylation sites (tertiary alicyclic amines) is 1. The molecule has 228 valence electrons.